The van der Waals surface area contributed by atoms with Gasteiger partial charge in [-0.2, -0.15) is 0 Å². The Bertz CT molecular complexity index is 3030. The second-order valence-electron chi connectivity index (χ2n) is 19.1. The number of rotatable bonds is 2. The van der Waals surface area contributed by atoms with E-state index in [2.05, 4.69) is 53.2 Å². The molecular formula is C55H55BrClN3O9. The van der Waals surface area contributed by atoms with E-state index in [1.165, 1.54) is 102 Å². The zero-order valence-electron chi connectivity index (χ0n) is 38.5. The number of carboxylic acids is 1. The van der Waals surface area contributed by atoms with Gasteiger partial charge in [-0.05, 0) is 149 Å². The number of aliphatic hydroxyl groups is 1. The van der Waals surface area contributed by atoms with Crippen LogP contribution in [-0.4, -0.2) is 61.4 Å². The molecular weight excluding hydrogens is 962 g/mol. The predicted molar refractivity (Wildman–Crippen MR) is 268 cm³/mol. The van der Waals surface area contributed by atoms with E-state index in [9.17, 15) is 24.9 Å². The third-order valence-corrected chi connectivity index (χ3v) is 15.7. The molecule has 1 atom stereocenters. The fourth-order valence-corrected chi connectivity index (χ4v) is 12.6. The number of benzene rings is 5. The molecule has 1 unspecified atom stereocenters. The van der Waals surface area contributed by atoms with E-state index in [0.29, 0.717) is 27.5 Å². The van der Waals surface area contributed by atoms with Gasteiger partial charge < -0.3 is 39.4 Å². The van der Waals surface area contributed by atoms with Crippen LogP contribution in [0.4, 0.5) is 11.4 Å². The minimum absolute atomic E-state index is 0.175. The molecule has 13 rings (SSSR count). The summed E-state index contributed by atoms with van der Waals surface area (Å²) >= 11 is 9.81. The normalized spacial score (nSPS) is 18.9. The first-order chi connectivity index (χ1) is 33.6. The largest absolute Gasteiger partial charge is 0.545 e. The molecule has 8 aliphatic heterocycles. The number of aromatic hydroxyl groups is 1. The number of cyclic esters (lactones) is 1. The first-order valence-electron chi connectivity index (χ1n) is 24.5. The summed E-state index contributed by atoms with van der Waals surface area (Å²) in [4.78, 5) is 42.5. The van der Waals surface area contributed by atoms with Crippen LogP contribution in [0.3, 0.4) is 0 Å². The number of aryl methyl sites for hydroxylation is 3. The van der Waals surface area contributed by atoms with Crippen LogP contribution in [0, 0.1) is 9.93 Å². The number of hydrogen-bond acceptors (Lipinski definition) is 11. The van der Waals surface area contributed by atoms with Crippen molar-refractivity contribution >= 4 is 56.4 Å². The van der Waals surface area contributed by atoms with Gasteiger partial charge in [0, 0.05) is 114 Å². The number of ether oxygens (including phenoxy) is 2. The van der Waals surface area contributed by atoms with E-state index in [1.807, 2.05) is 12.1 Å². The van der Waals surface area contributed by atoms with Gasteiger partial charge in [-0.15, -0.1) is 0 Å². The monoisotopic (exact) mass is 1020 g/mol. The van der Waals surface area contributed by atoms with Crippen LogP contribution in [0.1, 0.15) is 135 Å². The van der Waals surface area contributed by atoms with Gasteiger partial charge in [0.25, 0.3) is 0 Å². The van der Waals surface area contributed by atoms with Crippen LogP contribution >= 0.6 is 27.5 Å². The Balaban J connectivity index is 0.000000154. The van der Waals surface area contributed by atoms with E-state index in [4.69, 9.17) is 26.3 Å². The molecule has 0 amide bonds. The molecule has 0 fully saturated rings. The first-order valence-corrected chi connectivity index (χ1v) is 25.7. The molecule has 0 spiro atoms. The maximum Gasteiger partial charge on any atom is 0.341 e. The van der Waals surface area contributed by atoms with E-state index in [0.717, 1.165) is 116 Å². The van der Waals surface area contributed by atoms with Crippen LogP contribution in [0.25, 0.3) is 5.57 Å². The van der Waals surface area contributed by atoms with Crippen LogP contribution in [0.2, 0.25) is 5.02 Å². The van der Waals surface area contributed by atoms with E-state index >= 15 is 0 Å². The molecule has 0 saturated carbocycles. The minimum Gasteiger partial charge on any atom is -0.545 e. The quantitative estimate of drug-likeness (QED) is 0.128. The van der Waals surface area contributed by atoms with Crippen LogP contribution < -0.4 is 34.8 Å². The molecule has 5 aromatic rings. The smallest absolute Gasteiger partial charge is 0.341 e. The van der Waals surface area contributed by atoms with Crippen molar-refractivity contribution in [1.82, 2.24) is 4.58 Å². The zero-order chi connectivity index (χ0) is 47.9. The maximum atomic E-state index is 12.5. The second-order valence-corrected chi connectivity index (χ2v) is 20.5. The summed E-state index contributed by atoms with van der Waals surface area (Å²) < 4.78 is 15.1. The molecule has 0 aromatic heterocycles. The van der Waals surface area contributed by atoms with Crippen LogP contribution in [0.5, 0.6) is 17.2 Å². The van der Waals surface area contributed by atoms with Gasteiger partial charge in [0.1, 0.15) is 30.3 Å². The van der Waals surface area contributed by atoms with Crippen molar-refractivity contribution in [2.45, 2.75) is 103 Å². The Hall–Kier alpha value is -5.76. The van der Waals surface area contributed by atoms with E-state index in [1.54, 1.807) is 30.3 Å². The molecule has 14 heteroatoms. The Morgan fingerprint density at radius 1 is 0.681 bits per heavy atom. The van der Waals surface area contributed by atoms with Crippen LogP contribution in [0.15, 0.2) is 65.1 Å². The summed E-state index contributed by atoms with van der Waals surface area (Å²) in [7, 11) is 0. The molecule has 5 aromatic carbocycles. The Morgan fingerprint density at radius 3 is 2.12 bits per heavy atom. The Kier molecular flexibility index (Phi) is 13.6. The lowest BCUT2D eigenvalue weighted by atomic mass is 9.83. The highest BCUT2D eigenvalue weighted by molar-refractivity contribution is 9.10. The number of carboxylic acid groups (broad SMARTS) is 1. The van der Waals surface area contributed by atoms with Gasteiger partial charge in [0.05, 0.1) is 17.1 Å². The Labute approximate surface area is 414 Å². The van der Waals surface area contributed by atoms with Crippen molar-refractivity contribution in [1.29, 1.82) is 0 Å². The summed E-state index contributed by atoms with van der Waals surface area (Å²) in [6.07, 6.45) is 15.8. The first kappa shape index (κ1) is 46.9. The number of aromatic carboxylic acids is 1. The van der Waals surface area contributed by atoms with E-state index in [-0.39, 0.29) is 5.56 Å². The number of aliphatic hydroxyl groups excluding tert-OH is 1. The summed E-state index contributed by atoms with van der Waals surface area (Å²) in [5.74, 6) is 0.682. The second kappa shape index (κ2) is 19.9. The molecule has 0 saturated heterocycles. The predicted octanol–water partition coefficient (Wildman–Crippen LogP) is 8.08. The Morgan fingerprint density at radius 2 is 1.35 bits per heavy atom. The van der Waals surface area contributed by atoms with Gasteiger partial charge >= 0.3 is 5.97 Å². The maximum absolute atomic E-state index is 12.5. The molecule has 0 aliphatic carbocycles. The number of nitrogens with zero attached hydrogens (tertiary/aromatic N) is 3. The highest BCUT2D eigenvalue weighted by atomic mass is 79.9. The number of anilines is 2. The van der Waals surface area contributed by atoms with Gasteiger partial charge in [-0.1, -0.05) is 39.7 Å². The SMILES string of the molecule is O=C([O-])c1ccc(Cl)cc1C1=c2cc3c4c(c2Oc2c1cc1c5c2CCCN5CCCC1)CCC[N+]=4CCCC3.O=C1OC(O)c2cc(Br)ccc21.O=O.Oc1ccc2c3c1CCCN3CCCC2. The molecule has 12 nitrogen and oxygen atoms in total. The van der Waals surface area contributed by atoms with Crippen molar-refractivity contribution in [3.05, 3.63) is 152 Å². The van der Waals surface area contributed by atoms with Crippen LogP contribution in [-0.2, 0) is 43.3 Å². The summed E-state index contributed by atoms with van der Waals surface area (Å²) in [5.41, 5.74) is 14.3. The lowest BCUT2D eigenvalue weighted by Crippen LogP contribution is -2.41. The molecule has 0 bridgehead atoms. The summed E-state index contributed by atoms with van der Waals surface area (Å²) in [5, 5.41) is 34.5. The van der Waals surface area contributed by atoms with Crippen molar-refractivity contribution in [3.8, 4) is 17.2 Å². The van der Waals surface area contributed by atoms with Crippen molar-refractivity contribution in [3.63, 3.8) is 0 Å². The van der Waals surface area contributed by atoms with Crippen molar-refractivity contribution in [2.75, 3.05) is 49.1 Å². The number of carbonyl (C=O) groups excluding carboxylic acids is 2. The highest BCUT2D eigenvalue weighted by Crippen LogP contribution is 2.49. The standard InChI is InChI=1S/C34H33ClN2O3.C13H17NO.C8H5BrO3.O2/c35-22-11-12-23(34(38)39)26(19-22)29-27-17-20-7-1-3-13-36-15-5-9-24(30(20)36)32(27)40-33-25-10-6-16-37-14-4-2-8-21(31(25)37)18-28(29)33;15-12-7-6-10-4-1-2-8-14-9-3-5-11(12)13(10)14;9-4-1-2-5-6(3-4)8(11)12-7(5)10;1-2/h11-12,17-19H,1-10,13-16H2;6-7,15H,1-5,8-9H2;1-3,8,11H;. The molecule has 69 heavy (non-hydrogen) atoms. The van der Waals surface area contributed by atoms with Gasteiger partial charge in [-0.25, -0.2) is 9.37 Å². The zero-order valence-corrected chi connectivity index (χ0v) is 40.9. The average Bonchev–Trinajstić information content (AvgIpc) is 3.64. The average molecular weight is 1020 g/mol. The fraction of sp³-hybridized carbons (Fsp3) is 0.400. The number of halogens is 2. The van der Waals surface area contributed by atoms with Gasteiger partial charge in [0.2, 0.25) is 11.6 Å². The molecule has 8 heterocycles. The number of carbonyl (C=O) groups is 2. The lowest BCUT2D eigenvalue weighted by molar-refractivity contribution is -0.255. The van der Waals surface area contributed by atoms with Crippen molar-refractivity contribution in [2.24, 2.45) is 0 Å². The van der Waals surface area contributed by atoms with Gasteiger partial charge in [-0.3, -0.25) is 0 Å². The third kappa shape index (κ3) is 8.80. The number of fused-ring (bicyclic) bond motifs is 5. The van der Waals surface area contributed by atoms with Crippen molar-refractivity contribution < 1.29 is 34.4 Å². The molecule has 0 radical (unpaired) electrons. The number of phenolic OH excluding ortho intramolecular Hbond substituents is 1. The minimum atomic E-state index is -1.18. The molecule has 8 aliphatic rings. The van der Waals surface area contributed by atoms with Gasteiger partial charge in [0.15, 0.2) is 0 Å². The summed E-state index contributed by atoms with van der Waals surface area (Å²) in [6, 6.07) is 18.7. The fourth-order valence-electron chi connectivity index (χ4n) is 12.1. The number of hydrogen-bond donors (Lipinski definition) is 2. The third-order valence-electron chi connectivity index (χ3n) is 15.0. The van der Waals surface area contributed by atoms with E-state index < -0.39 is 18.2 Å². The molecule has 358 valence electrons. The number of phenols is 1. The highest BCUT2D eigenvalue weighted by Gasteiger charge is 2.36. The lowest BCUT2D eigenvalue weighted by Gasteiger charge is -2.35. The molecule has 2 N–H and O–H groups in total. The number of esters is 1. The summed E-state index contributed by atoms with van der Waals surface area (Å²) in [6.45, 7) is 6.68. The topological polar surface area (TPSA) is 160 Å².